The molecule has 33 heavy (non-hydrogen) atoms. The van der Waals surface area contributed by atoms with E-state index in [-0.39, 0.29) is 24.2 Å². The summed E-state index contributed by atoms with van der Waals surface area (Å²) in [6.07, 6.45) is 2.13. The molecule has 0 aliphatic heterocycles. The number of hydrogen-bond acceptors (Lipinski definition) is 1. The van der Waals surface area contributed by atoms with Gasteiger partial charge in [0.15, 0.2) is 0 Å². The van der Waals surface area contributed by atoms with E-state index in [9.17, 15) is 9.18 Å². The number of carbonyl (C=O) groups is 1. The Hall–Kier alpha value is -3.72. The number of benzene rings is 4. The van der Waals surface area contributed by atoms with Crippen LogP contribution in [0.25, 0.3) is 11.1 Å². The van der Waals surface area contributed by atoms with E-state index in [2.05, 4.69) is 36.4 Å². The monoisotopic (exact) mass is 435 g/mol. The van der Waals surface area contributed by atoms with E-state index < -0.39 is 0 Å². The second-order valence-electron chi connectivity index (χ2n) is 8.57. The maximum absolute atomic E-state index is 14.6. The zero-order valence-corrected chi connectivity index (χ0v) is 18.5. The highest BCUT2D eigenvalue weighted by molar-refractivity contribution is 5.83. The number of fused-ring (bicyclic) bond motifs is 1. The Morgan fingerprint density at radius 2 is 1.45 bits per heavy atom. The third kappa shape index (κ3) is 4.45. The lowest BCUT2D eigenvalue weighted by Gasteiger charge is -2.30. The Kier molecular flexibility index (Phi) is 6.03. The Morgan fingerprint density at radius 3 is 2.27 bits per heavy atom. The predicted octanol–water partition coefficient (Wildman–Crippen LogP) is 6.75. The van der Waals surface area contributed by atoms with Gasteiger partial charge in [-0.2, -0.15) is 0 Å². The molecule has 0 bridgehead atoms. The molecule has 2 nitrogen and oxygen atoms in total. The summed E-state index contributed by atoms with van der Waals surface area (Å²) in [5.74, 6) is -0.215. The summed E-state index contributed by atoms with van der Waals surface area (Å²) >= 11 is 0. The topological polar surface area (TPSA) is 20.3 Å². The van der Waals surface area contributed by atoms with E-state index in [4.69, 9.17) is 0 Å². The van der Waals surface area contributed by atoms with Crippen LogP contribution in [0.3, 0.4) is 0 Å². The largest absolute Gasteiger partial charge is 0.331 e. The summed E-state index contributed by atoms with van der Waals surface area (Å²) in [5.41, 5.74) is 5.82. The maximum Gasteiger partial charge on any atom is 0.227 e. The van der Waals surface area contributed by atoms with E-state index in [1.54, 1.807) is 12.1 Å². The SMILES string of the molecule is O=C(Cc1ccccc1-c1ccccc1F)N(Cc1ccccc1)C1CCc2ccccc21. The summed E-state index contributed by atoms with van der Waals surface area (Å²) in [6.45, 7) is 0.556. The second kappa shape index (κ2) is 9.41. The molecule has 0 saturated heterocycles. The standard InChI is InChI=1S/C30H26FNO/c31-28-17-9-8-16-27(28)25-14-6-5-13-24(25)20-30(33)32(21-22-10-2-1-3-11-22)29-19-18-23-12-4-7-15-26(23)29/h1-17,29H,18-21H2. The van der Waals surface area contributed by atoms with Crippen molar-refractivity contribution in [2.45, 2.75) is 31.8 Å². The average molecular weight is 436 g/mol. The van der Waals surface area contributed by atoms with Crippen LogP contribution in [0.15, 0.2) is 103 Å². The van der Waals surface area contributed by atoms with Crippen LogP contribution in [0.5, 0.6) is 0 Å². The zero-order chi connectivity index (χ0) is 22.6. The predicted molar refractivity (Wildman–Crippen MR) is 130 cm³/mol. The maximum atomic E-state index is 14.6. The van der Waals surface area contributed by atoms with Crippen LogP contribution in [-0.2, 0) is 24.2 Å². The van der Waals surface area contributed by atoms with Gasteiger partial charge in [0.25, 0.3) is 0 Å². The van der Waals surface area contributed by atoms with E-state index in [0.29, 0.717) is 12.1 Å². The molecule has 0 N–H and O–H groups in total. The number of amides is 1. The number of halogens is 1. The summed E-state index contributed by atoms with van der Waals surface area (Å²) in [4.78, 5) is 15.8. The summed E-state index contributed by atoms with van der Waals surface area (Å²) in [6, 6.07) is 33.0. The molecule has 0 saturated carbocycles. The van der Waals surface area contributed by atoms with E-state index in [1.165, 1.54) is 17.2 Å². The van der Waals surface area contributed by atoms with Gasteiger partial charge in [-0.25, -0.2) is 4.39 Å². The molecule has 4 aromatic carbocycles. The van der Waals surface area contributed by atoms with Crippen LogP contribution < -0.4 is 0 Å². The quantitative estimate of drug-likeness (QED) is 0.328. The van der Waals surface area contributed by atoms with Gasteiger partial charge in [-0.05, 0) is 46.7 Å². The molecular weight excluding hydrogens is 409 g/mol. The van der Waals surface area contributed by atoms with Gasteiger partial charge in [0.05, 0.1) is 12.5 Å². The van der Waals surface area contributed by atoms with Crippen molar-refractivity contribution in [1.82, 2.24) is 4.90 Å². The lowest BCUT2D eigenvalue weighted by atomic mass is 9.96. The molecule has 3 heteroatoms. The first-order chi connectivity index (χ1) is 16.2. The van der Waals surface area contributed by atoms with Gasteiger partial charge < -0.3 is 4.90 Å². The van der Waals surface area contributed by atoms with Gasteiger partial charge >= 0.3 is 0 Å². The van der Waals surface area contributed by atoms with Crippen molar-refractivity contribution in [2.75, 3.05) is 0 Å². The van der Waals surface area contributed by atoms with Crippen LogP contribution >= 0.6 is 0 Å². The normalized spacial score (nSPS) is 14.6. The Labute approximate surface area is 194 Å². The van der Waals surface area contributed by atoms with Gasteiger partial charge in [0.1, 0.15) is 5.82 Å². The summed E-state index contributed by atoms with van der Waals surface area (Å²) < 4.78 is 14.6. The highest BCUT2D eigenvalue weighted by Gasteiger charge is 2.31. The first-order valence-electron chi connectivity index (χ1n) is 11.4. The fourth-order valence-corrected chi connectivity index (χ4v) is 4.89. The molecule has 5 rings (SSSR count). The van der Waals surface area contributed by atoms with Gasteiger partial charge in [-0.3, -0.25) is 4.79 Å². The van der Waals surface area contributed by atoms with E-state index in [0.717, 1.165) is 29.5 Å². The Bertz CT molecular complexity index is 1270. The average Bonchev–Trinajstić information content (AvgIpc) is 3.28. The lowest BCUT2D eigenvalue weighted by Crippen LogP contribution is -2.34. The molecule has 1 aliphatic rings. The minimum Gasteiger partial charge on any atom is -0.331 e. The second-order valence-corrected chi connectivity index (χ2v) is 8.57. The number of aryl methyl sites for hydroxylation is 1. The number of hydrogen-bond donors (Lipinski definition) is 0. The van der Waals surface area contributed by atoms with Crippen molar-refractivity contribution >= 4 is 5.91 Å². The van der Waals surface area contributed by atoms with Crippen LogP contribution in [0, 0.1) is 5.82 Å². The van der Waals surface area contributed by atoms with Crippen LogP contribution in [0.1, 0.15) is 34.7 Å². The number of carbonyl (C=O) groups excluding carboxylic acids is 1. The van der Waals surface area contributed by atoms with Crippen molar-refractivity contribution in [1.29, 1.82) is 0 Å². The summed E-state index contributed by atoms with van der Waals surface area (Å²) in [7, 11) is 0. The molecule has 0 radical (unpaired) electrons. The van der Waals surface area contributed by atoms with E-state index >= 15 is 0 Å². The minimum atomic E-state index is -0.275. The van der Waals surface area contributed by atoms with Crippen molar-refractivity contribution in [2.24, 2.45) is 0 Å². The molecular formula is C30H26FNO. The minimum absolute atomic E-state index is 0.0505. The van der Waals surface area contributed by atoms with Gasteiger partial charge in [0, 0.05) is 12.1 Å². The first-order valence-corrected chi connectivity index (χ1v) is 11.4. The smallest absolute Gasteiger partial charge is 0.227 e. The van der Waals surface area contributed by atoms with Crippen molar-refractivity contribution in [3.8, 4) is 11.1 Å². The van der Waals surface area contributed by atoms with Crippen LogP contribution in [-0.4, -0.2) is 10.8 Å². The fourth-order valence-electron chi connectivity index (χ4n) is 4.89. The summed E-state index contributed by atoms with van der Waals surface area (Å²) in [5, 5.41) is 0. The number of nitrogens with zero attached hydrogens (tertiary/aromatic N) is 1. The molecule has 0 heterocycles. The molecule has 1 unspecified atom stereocenters. The van der Waals surface area contributed by atoms with E-state index in [1.807, 2.05) is 53.4 Å². The van der Waals surface area contributed by atoms with Crippen LogP contribution in [0.4, 0.5) is 4.39 Å². The first kappa shape index (κ1) is 21.1. The molecule has 0 fully saturated rings. The Balaban J connectivity index is 1.48. The third-order valence-corrected chi connectivity index (χ3v) is 6.52. The third-order valence-electron chi connectivity index (χ3n) is 6.52. The van der Waals surface area contributed by atoms with Crippen molar-refractivity contribution in [3.05, 3.63) is 131 Å². The van der Waals surface area contributed by atoms with Crippen LogP contribution in [0.2, 0.25) is 0 Å². The highest BCUT2D eigenvalue weighted by atomic mass is 19.1. The Morgan fingerprint density at radius 1 is 0.788 bits per heavy atom. The molecule has 0 aromatic heterocycles. The fraction of sp³-hybridized carbons (Fsp3) is 0.167. The molecule has 164 valence electrons. The highest BCUT2D eigenvalue weighted by Crippen LogP contribution is 2.37. The molecule has 4 aromatic rings. The molecule has 1 amide bonds. The molecule has 1 aliphatic carbocycles. The number of rotatable bonds is 6. The van der Waals surface area contributed by atoms with Crippen molar-refractivity contribution < 1.29 is 9.18 Å². The molecule has 1 atom stereocenters. The van der Waals surface area contributed by atoms with Gasteiger partial charge in [0.2, 0.25) is 5.91 Å². The van der Waals surface area contributed by atoms with Gasteiger partial charge in [-0.1, -0.05) is 97.1 Å². The van der Waals surface area contributed by atoms with Crippen molar-refractivity contribution in [3.63, 3.8) is 0 Å². The molecule has 0 spiro atoms. The zero-order valence-electron chi connectivity index (χ0n) is 18.5. The lowest BCUT2D eigenvalue weighted by molar-refractivity contribution is -0.133. The van der Waals surface area contributed by atoms with Gasteiger partial charge in [-0.15, -0.1) is 0 Å².